The van der Waals surface area contributed by atoms with Crippen LogP contribution in [0, 0.1) is 0 Å². The van der Waals surface area contributed by atoms with Gasteiger partial charge in [-0.1, -0.05) is 0 Å². The molecular weight excluding hydrogens is 187 g/mol. The molecule has 0 aliphatic rings. The van der Waals surface area contributed by atoms with E-state index in [2.05, 4.69) is 0 Å². The van der Waals surface area contributed by atoms with E-state index in [9.17, 15) is 18.0 Å². The fraction of sp³-hybridized carbons (Fsp3) is 0.857. The van der Waals surface area contributed by atoms with E-state index in [1.54, 1.807) is 0 Å². The standard InChI is InChI=1S/C7H12F3NO2/c1-6(2,13)4-11-5(12)3-7(8,9)10/h13H,3-4H2,1-2H3,(H,11,12). The van der Waals surface area contributed by atoms with Gasteiger partial charge >= 0.3 is 6.18 Å². The molecule has 1 amide bonds. The first kappa shape index (κ1) is 12.2. The fourth-order valence-corrected chi connectivity index (χ4v) is 0.559. The minimum absolute atomic E-state index is 0.193. The molecule has 0 atom stereocenters. The van der Waals surface area contributed by atoms with Gasteiger partial charge in [-0.05, 0) is 13.8 Å². The van der Waals surface area contributed by atoms with E-state index < -0.39 is 24.1 Å². The summed E-state index contributed by atoms with van der Waals surface area (Å²) in [6.07, 6.45) is -6.01. The minimum atomic E-state index is -4.50. The Morgan fingerprint density at radius 2 is 1.85 bits per heavy atom. The molecule has 0 aromatic heterocycles. The molecule has 0 fully saturated rings. The Balaban J connectivity index is 3.78. The number of rotatable bonds is 3. The van der Waals surface area contributed by atoms with Crippen LogP contribution in [-0.2, 0) is 4.79 Å². The summed E-state index contributed by atoms with van der Waals surface area (Å²) in [7, 11) is 0. The fourth-order valence-electron chi connectivity index (χ4n) is 0.559. The van der Waals surface area contributed by atoms with E-state index in [-0.39, 0.29) is 6.54 Å². The number of halogens is 3. The molecule has 78 valence electrons. The van der Waals surface area contributed by atoms with E-state index in [0.29, 0.717) is 0 Å². The molecule has 0 rings (SSSR count). The molecule has 0 aromatic carbocycles. The van der Waals surface area contributed by atoms with Gasteiger partial charge in [0.25, 0.3) is 0 Å². The highest BCUT2D eigenvalue weighted by Crippen LogP contribution is 2.18. The molecule has 0 saturated heterocycles. The number of aliphatic hydroxyl groups is 1. The lowest BCUT2D eigenvalue weighted by molar-refractivity contribution is -0.154. The quantitative estimate of drug-likeness (QED) is 0.707. The average molecular weight is 199 g/mol. The normalized spacial score (nSPS) is 12.8. The van der Waals surface area contributed by atoms with Crippen molar-refractivity contribution >= 4 is 5.91 Å². The van der Waals surface area contributed by atoms with E-state index in [1.165, 1.54) is 13.8 Å². The molecular formula is C7H12F3NO2. The zero-order valence-corrected chi connectivity index (χ0v) is 7.40. The summed E-state index contributed by atoms with van der Waals surface area (Å²) in [5, 5.41) is 11.0. The lowest BCUT2D eigenvalue weighted by atomic mass is 10.1. The third-order valence-corrected chi connectivity index (χ3v) is 1.08. The van der Waals surface area contributed by atoms with Crippen LogP contribution in [0.5, 0.6) is 0 Å². The number of carbonyl (C=O) groups is 1. The summed E-state index contributed by atoms with van der Waals surface area (Å²) >= 11 is 0. The Morgan fingerprint density at radius 3 is 2.15 bits per heavy atom. The highest BCUT2D eigenvalue weighted by molar-refractivity contribution is 5.76. The first-order chi connectivity index (χ1) is 5.60. The number of alkyl halides is 3. The third-order valence-electron chi connectivity index (χ3n) is 1.08. The van der Waals surface area contributed by atoms with E-state index in [4.69, 9.17) is 5.11 Å². The molecule has 0 heterocycles. The predicted octanol–water partition coefficient (Wildman–Crippen LogP) is 0.826. The number of nitrogens with one attached hydrogen (secondary N) is 1. The summed E-state index contributed by atoms with van der Waals surface area (Å²) in [5.41, 5.74) is -1.19. The van der Waals surface area contributed by atoms with Gasteiger partial charge in [-0.25, -0.2) is 0 Å². The molecule has 3 nitrogen and oxygen atoms in total. The van der Waals surface area contributed by atoms with Crippen LogP contribution in [0.2, 0.25) is 0 Å². The molecule has 0 aliphatic carbocycles. The highest BCUT2D eigenvalue weighted by Gasteiger charge is 2.31. The lowest BCUT2D eigenvalue weighted by Crippen LogP contribution is -2.39. The Bertz CT molecular complexity index is 183. The van der Waals surface area contributed by atoms with Crippen molar-refractivity contribution in [2.24, 2.45) is 0 Å². The second-order valence-corrected chi connectivity index (χ2v) is 3.38. The van der Waals surface area contributed by atoms with Crippen molar-refractivity contribution < 1.29 is 23.1 Å². The third kappa shape index (κ3) is 9.13. The van der Waals surface area contributed by atoms with Crippen molar-refractivity contribution in [1.29, 1.82) is 0 Å². The van der Waals surface area contributed by atoms with Crippen LogP contribution in [0.1, 0.15) is 20.3 Å². The minimum Gasteiger partial charge on any atom is -0.389 e. The number of amides is 1. The van der Waals surface area contributed by atoms with Crippen molar-refractivity contribution in [3.05, 3.63) is 0 Å². The first-order valence-corrected chi connectivity index (χ1v) is 3.66. The maximum absolute atomic E-state index is 11.6. The second kappa shape index (κ2) is 3.95. The summed E-state index contributed by atoms with van der Waals surface area (Å²) in [6.45, 7) is 2.59. The zero-order chi connectivity index (χ0) is 10.7. The molecule has 0 radical (unpaired) electrons. The molecule has 0 saturated carbocycles. The van der Waals surface area contributed by atoms with Crippen molar-refractivity contribution in [1.82, 2.24) is 5.32 Å². The van der Waals surface area contributed by atoms with Gasteiger partial charge in [0, 0.05) is 6.54 Å². The molecule has 0 aromatic rings. The summed E-state index contributed by atoms with van der Waals surface area (Å²) in [6, 6.07) is 0. The summed E-state index contributed by atoms with van der Waals surface area (Å²) < 4.78 is 34.8. The average Bonchev–Trinajstić information content (AvgIpc) is 1.78. The van der Waals surface area contributed by atoms with Crippen LogP contribution in [0.15, 0.2) is 0 Å². The number of hydrogen-bond acceptors (Lipinski definition) is 2. The predicted molar refractivity (Wildman–Crippen MR) is 40.0 cm³/mol. The van der Waals surface area contributed by atoms with E-state index >= 15 is 0 Å². The van der Waals surface area contributed by atoms with Crippen LogP contribution >= 0.6 is 0 Å². The lowest BCUT2D eigenvalue weighted by Gasteiger charge is -2.17. The van der Waals surface area contributed by atoms with E-state index in [0.717, 1.165) is 0 Å². The van der Waals surface area contributed by atoms with Crippen molar-refractivity contribution in [3.8, 4) is 0 Å². The SMILES string of the molecule is CC(C)(O)CNC(=O)CC(F)(F)F. The molecule has 0 bridgehead atoms. The van der Waals surface area contributed by atoms with Crippen LogP contribution in [0.4, 0.5) is 13.2 Å². The van der Waals surface area contributed by atoms with Gasteiger partial charge in [0.1, 0.15) is 6.42 Å². The Hall–Kier alpha value is -0.780. The maximum Gasteiger partial charge on any atom is 0.397 e. The van der Waals surface area contributed by atoms with Gasteiger partial charge < -0.3 is 10.4 Å². The molecule has 0 spiro atoms. The zero-order valence-electron chi connectivity index (χ0n) is 7.40. The first-order valence-electron chi connectivity index (χ1n) is 3.66. The van der Waals surface area contributed by atoms with Crippen molar-refractivity contribution in [3.63, 3.8) is 0 Å². The Labute approximate surface area is 73.9 Å². The van der Waals surface area contributed by atoms with Gasteiger partial charge in [-0.15, -0.1) is 0 Å². The topological polar surface area (TPSA) is 49.3 Å². The largest absolute Gasteiger partial charge is 0.397 e. The monoisotopic (exact) mass is 199 g/mol. The molecule has 0 aliphatic heterocycles. The second-order valence-electron chi connectivity index (χ2n) is 3.38. The molecule has 6 heteroatoms. The van der Waals surface area contributed by atoms with Gasteiger partial charge in [0.2, 0.25) is 5.91 Å². The van der Waals surface area contributed by atoms with Crippen molar-refractivity contribution in [2.45, 2.75) is 32.0 Å². The van der Waals surface area contributed by atoms with Gasteiger partial charge in [0.05, 0.1) is 5.60 Å². The Morgan fingerprint density at radius 1 is 1.38 bits per heavy atom. The van der Waals surface area contributed by atoms with Gasteiger partial charge in [-0.2, -0.15) is 13.2 Å². The molecule has 2 N–H and O–H groups in total. The van der Waals surface area contributed by atoms with Gasteiger partial charge in [0.15, 0.2) is 0 Å². The Kier molecular flexibility index (Phi) is 3.71. The number of carbonyl (C=O) groups excluding carboxylic acids is 1. The summed E-state index contributed by atoms with van der Waals surface area (Å²) in [5.74, 6) is -1.13. The van der Waals surface area contributed by atoms with Crippen LogP contribution in [0.25, 0.3) is 0 Å². The van der Waals surface area contributed by atoms with Crippen LogP contribution < -0.4 is 5.32 Å². The smallest absolute Gasteiger partial charge is 0.389 e. The van der Waals surface area contributed by atoms with Crippen LogP contribution in [-0.4, -0.2) is 29.3 Å². The molecule has 0 unspecified atom stereocenters. The highest BCUT2D eigenvalue weighted by atomic mass is 19.4. The van der Waals surface area contributed by atoms with Gasteiger partial charge in [-0.3, -0.25) is 4.79 Å². The summed E-state index contributed by atoms with van der Waals surface area (Å²) in [4.78, 5) is 10.6. The maximum atomic E-state index is 11.6. The molecule has 13 heavy (non-hydrogen) atoms. The number of hydrogen-bond donors (Lipinski definition) is 2. The van der Waals surface area contributed by atoms with Crippen LogP contribution in [0.3, 0.4) is 0 Å². The van der Waals surface area contributed by atoms with E-state index in [1.807, 2.05) is 5.32 Å². The van der Waals surface area contributed by atoms with Crippen molar-refractivity contribution in [2.75, 3.05) is 6.54 Å².